The first-order chi connectivity index (χ1) is 14.6. The fraction of sp³-hybridized carbons (Fsp3) is 0.308. The number of rotatable bonds is 5. The predicted octanol–water partition coefficient (Wildman–Crippen LogP) is 7.53. The third-order valence-electron chi connectivity index (χ3n) is 5.89. The van der Waals surface area contributed by atoms with Gasteiger partial charge in [-0.15, -0.1) is 0 Å². The van der Waals surface area contributed by atoms with Crippen molar-refractivity contribution in [1.82, 2.24) is 0 Å². The normalized spacial score (nSPS) is 17.3. The average molecular weight is 410 g/mol. The molecule has 0 unspecified atom stereocenters. The van der Waals surface area contributed by atoms with E-state index < -0.39 is 17.5 Å². The van der Waals surface area contributed by atoms with Crippen LogP contribution in [-0.4, -0.2) is 0 Å². The van der Waals surface area contributed by atoms with Crippen molar-refractivity contribution in [1.29, 1.82) is 0 Å². The van der Waals surface area contributed by atoms with Gasteiger partial charge in [0.25, 0.3) is 0 Å². The van der Waals surface area contributed by atoms with E-state index in [0.29, 0.717) is 5.92 Å². The van der Waals surface area contributed by atoms with E-state index in [1.54, 1.807) is 0 Å². The maximum absolute atomic E-state index is 13.3. The van der Waals surface area contributed by atoms with Crippen molar-refractivity contribution in [3.8, 4) is 5.75 Å². The summed E-state index contributed by atoms with van der Waals surface area (Å²) in [5.74, 6) is -3.35. The van der Waals surface area contributed by atoms with Crippen LogP contribution in [0.15, 0.2) is 66.3 Å². The SMILES string of the molecule is Fc1cc(OCc2ccc(C3=CC=C(C4CCCCC4)C=CC3)cc2)cc(F)c1F. The summed E-state index contributed by atoms with van der Waals surface area (Å²) in [4.78, 5) is 0. The van der Waals surface area contributed by atoms with Gasteiger partial charge in [0.05, 0.1) is 0 Å². The first kappa shape index (κ1) is 20.5. The summed E-state index contributed by atoms with van der Waals surface area (Å²) in [6, 6.07) is 9.64. The Morgan fingerprint density at radius 2 is 1.57 bits per heavy atom. The smallest absolute Gasteiger partial charge is 0.194 e. The van der Waals surface area contributed by atoms with Crippen LogP contribution in [0.25, 0.3) is 5.57 Å². The molecule has 0 amide bonds. The maximum atomic E-state index is 13.3. The molecule has 156 valence electrons. The second-order valence-electron chi connectivity index (χ2n) is 7.99. The van der Waals surface area contributed by atoms with Crippen LogP contribution in [-0.2, 0) is 6.61 Å². The zero-order chi connectivity index (χ0) is 20.9. The van der Waals surface area contributed by atoms with Crippen LogP contribution in [0.4, 0.5) is 13.2 Å². The molecular weight excluding hydrogens is 385 g/mol. The molecule has 2 aromatic rings. The molecule has 0 spiro atoms. The lowest BCUT2D eigenvalue weighted by atomic mass is 9.83. The summed E-state index contributed by atoms with van der Waals surface area (Å²) in [6.07, 6.45) is 16.5. The summed E-state index contributed by atoms with van der Waals surface area (Å²) >= 11 is 0. The van der Waals surface area contributed by atoms with Crippen LogP contribution >= 0.6 is 0 Å². The highest BCUT2D eigenvalue weighted by molar-refractivity contribution is 5.69. The van der Waals surface area contributed by atoms with E-state index in [1.807, 2.05) is 24.3 Å². The predicted molar refractivity (Wildman–Crippen MR) is 113 cm³/mol. The molecule has 0 aliphatic heterocycles. The first-order valence-corrected chi connectivity index (χ1v) is 10.5. The third-order valence-corrected chi connectivity index (χ3v) is 5.89. The summed E-state index contributed by atoms with van der Waals surface area (Å²) < 4.78 is 45.0. The molecule has 4 rings (SSSR count). The number of hydrogen-bond acceptors (Lipinski definition) is 1. The van der Waals surface area contributed by atoms with E-state index in [-0.39, 0.29) is 12.4 Å². The Balaban J connectivity index is 1.41. The summed E-state index contributed by atoms with van der Waals surface area (Å²) in [7, 11) is 0. The van der Waals surface area contributed by atoms with Gasteiger partial charge in [-0.1, -0.05) is 67.8 Å². The van der Waals surface area contributed by atoms with Crippen molar-refractivity contribution >= 4 is 5.57 Å². The first-order valence-electron chi connectivity index (χ1n) is 10.5. The fourth-order valence-electron chi connectivity index (χ4n) is 4.16. The summed E-state index contributed by atoms with van der Waals surface area (Å²) in [6.45, 7) is 0.148. The van der Waals surface area contributed by atoms with Crippen LogP contribution in [0.5, 0.6) is 5.75 Å². The molecule has 1 fully saturated rings. The van der Waals surface area contributed by atoms with E-state index in [2.05, 4.69) is 24.3 Å². The number of allylic oxidation sites excluding steroid dienone is 6. The van der Waals surface area contributed by atoms with Crippen LogP contribution in [0.2, 0.25) is 0 Å². The van der Waals surface area contributed by atoms with Gasteiger partial charge in [0.1, 0.15) is 12.4 Å². The Bertz CT molecular complexity index is 957. The van der Waals surface area contributed by atoms with E-state index in [1.165, 1.54) is 43.3 Å². The van der Waals surface area contributed by atoms with Crippen molar-refractivity contribution in [3.63, 3.8) is 0 Å². The van der Waals surface area contributed by atoms with Gasteiger partial charge in [-0.2, -0.15) is 0 Å². The molecule has 2 aliphatic rings. The highest BCUT2D eigenvalue weighted by Crippen LogP contribution is 2.33. The minimum Gasteiger partial charge on any atom is -0.489 e. The minimum absolute atomic E-state index is 0.0348. The zero-order valence-electron chi connectivity index (χ0n) is 16.8. The van der Waals surface area contributed by atoms with Crippen molar-refractivity contribution in [3.05, 3.63) is 94.9 Å². The van der Waals surface area contributed by atoms with E-state index in [4.69, 9.17) is 4.74 Å². The Kier molecular flexibility index (Phi) is 6.41. The van der Waals surface area contributed by atoms with E-state index in [0.717, 1.165) is 29.7 Å². The standard InChI is InChI=1S/C26H25F3O/c27-24-15-23(16-25(28)26(24)29)30-17-18-9-11-22(12-10-18)21-8-4-7-20(13-14-21)19-5-2-1-3-6-19/h4,7,9-16,19H,1-3,5-6,8,17H2. The Labute approximate surface area is 175 Å². The number of hydrogen-bond donors (Lipinski definition) is 0. The molecule has 0 radical (unpaired) electrons. The lowest BCUT2D eigenvalue weighted by molar-refractivity contribution is 0.299. The zero-order valence-corrected chi connectivity index (χ0v) is 16.8. The highest BCUT2D eigenvalue weighted by Gasteiger charge is 2.16. The topological polar surface area (TPSA) is 9.23 Å². The van der Waals surface area contributed by atoms with Crippen molar-refractivity contribution in [2.45, 2.75) is 45.1 Å². The Morgan fingerprint density at radius 1 is 0.867 bits per heavy atom. The summed E-state index contributed by atoms with van der Waals surface area (Å²) in [5.41, 5.74) is 4.70. The van der Waals surface area contributed by atoms with Gasteiger partial charge in [0.15, 0.2) is 17.5 Å². The van der Waals surface area contributed by atoms with Gasteiger partial charge in [-0.25, -0.2) is 13.2 Å². The molecule has 1 nitrogen and oxygen atoms in total. The maximum Gasteiger partial charge on any atom is 0.194 e. The minimum atomic E-state index is -1.49. The Morgan fingerprint density at radius 3 is 2.27 bits per heavy atom. The van der Waals surface area contributed by atoms with Crippen LogP contribution < -0.4 is 4.74 Å². The Hall–Kier alpha value is -2.75. The number of halogens is 3. The molecule has 0 bridgehead atoms. The monoisotopic (exact) mass is 410 g/mol. The molecule has 30 heavy (non-hydrogen) atoms. The highest BCUT2D eigenvalue weighted by atomic mass is 19.2. The van der Waals surface area contributed by atoms with Gasteiger partial charge >= 0.3 is 0 Å². The molecule has 0 saturated heterocycles. The second kappa shape index (κ2) is 9.38. The molecule has 0 heterocycles. The lowest BCUT2D eigenvalue weighted by Gasteiger charge is -2.22. The molecule has 0 aromatic heterocycles. The molecule has 2 aliphatic carbocycles. The largest absolute Gasteiger partial charge is 0.489 e. The van der Waals surface area contributed by atoms with Crippen molar-refractivity contribution in [2.75, 3.05) is 0 Å². The number of ether oxygens (including phenoxy) is 1. The van der Waals surface area contributed by atoms with Crippen LogP contribution in [0.3, 0.4) is 0 Å². The molecule has 2 aromatic carbocycles. The molecule has 1 saturated carbocycles. The molecule has 0 atom stereocenters. The van der Waals surface area contributed by atoms with Gasteiger partial charge in [-0.3, -0.25) is 0 Å². The molecule has 0 N–H and O–H groups in total. The van der Waals surface area contributed by atoms with Gasteiger partial charge in [0.2, 0.25) is 0 Å². The average Bonchev–Trinajstić information content (AvgIpc) is 3.03. The molecule has 4 heteroatoms. The van der Waals surface area contributed by atoms with Crippen molar-refractivity contribution in [2.24, 2.45) is 5.92 Å². The van der Waals surface area contributed by atoms with Crippen LogP contribution in [0.1, 0.15) is 49.7 Å². The van der Waals surface area contributed by atoms with Gasteiger partial charge in [-0.05, 0) is 47.5 Å². The van der Waals surface area contributed by atoms with E-state index in [9.17, 15) is 13.2 Å². The van der Waals surface area contributed by atoms with Crippen LogP contribution in [0, 0.1) is 23.4 Å². The lowest BCUT2D eigenvalue weighted by Crippen LogP contribution is -2.07. The van der Waals surface area contributed by atoms with Crippen molar-refractivity contribution < 1.29 is 17.9 Å². The van der Waals surface area contributed by atoms with E-state index >= 15 is 0 Å². The quantitative estimate of drug-likeness (QED) is 0.463. The molecular formula is C26H25F3O. The fourth-order valence-corrected chi connectivity index (χ4v) is 4.16. The second-order valence-corrected chi connectivity index (χ2v) is 7.99. The third kappa shape index (κ3) is 4.86. The van der Waals surface area contributed by atoms with Gasteiger partial charge in [0, 0.05) is 12.1 Å². The summed E-state index contributed by atoms with van der Waals surface area (Å²) in [5, 5.41) is 0. The number of benzene rings is 2. The van der Waals surface area contributed by atoms with Gasteiger partial charge < -0.3 is 4.74 Å².